The van der Waals surface area contributed by atoms with Crippen LogP contribution in [0.1, 0.15) is 55.1 Å². The zero-order chi connectivity index (χ0) is 23.0. The predicted octanol–water partition coefficient (Wildman–Crippen LogP) is 4.79. The molecular weight excluding hydrogens is 432 g/mol. The Bertz CT molecular complexity index is 1040. The summed E-state index contributed by atoms with van der Waals surface area (Å²) >= 11 is 1.71. The van der Waals surface area contributed by atoms with Crippen LogP contribution >= 0.6 is 11.8 Å². The average molecular weight is 465 g/mol. The molecule has 7 heteroatoms. The molecule has 1 N–H and O–H groups in total. The summed E-state index contributed by atoms with van der Waals surface area (Å²) in [5, 5.41) is 3.05. The Morgan fingerprint density at radius 2 is 1.88 bits per heavy atom. The van der Waals surface area contributed by atoms with E-state index in [2.05, 4.69) is 23.4 Å². The molecule has 3 aromatic rings. The Labute approximate surface area is 199 Å². The summed E-state index contributed by atoms with van der Waals surface area (Å²) in [6.07, 6.45) is 8.85. The van der Waals surface area contributed by atoms with Gasteiger partial charge in [-0.05, 0) is 55.7 Å². The molecule has 3 heterocycles. The molecular formula is C26H32N4O2S. The van der Waals surface area contributed by atoms with Crippen molar-refractivity contribution in [3.63, 3.8) is 0 Å². The number of hydrogen-bond acceptors (Lipinski definition) is 4. The highest BCUT2D eigenvalue weighted by atomic mass is 32.2. The Kier molecular flexibility index (Phi) is 8.05. The second kappa shape index (κ2) is 11.4. The van der Waals surface area contributed by atoms with Gasteiger partial charge in [0, 0.05) is 54.2 Å². The maximum atomic E-state index is 12.9. The number of carbonyl (C=O) groups excluding carboxylic acids is 2. The van der Waals surface area contributed by atoms with Gasteiger partial charge in [0.25, 0.3) is 5.91 Å². The number of imidazole rings is 1. The van der Waals surface area contributed by atoms with Crippen LogP contribution in [0.4, 0.5) is 0 Å². The predicted molar refractivity (Wildman–Crippen MR) is 132 cm³/mol. The quantitative estimate of drug-likeness (QED) is 0.365. The van der Waals surface area contributed by atoms with Crippen molar-refractivity contribution < 1.29 is 9.59 Å². The van der Waals surface area contributed by atoms with Crippen molar-refractivity contribution in [2.75, 3.05) is 19.6 Å². The fourth-order valence-electron chi connectivity index (χ4n) is 4.17. The van der Waals surface area contributed by atoms with Crippen LogP contribution in [0.2, 0.25) is 0 Å². The van der Waals surface area contributed by atoms with Gasteiger partial charge in [-0.1, -0.05) is 25.8 Å². The van der Waals surface area contributed by atoms with E-state index in [1.807, 2.05) is 58.0 Å². The number of aromatic nitrogens is 2. The number of thioether (sulfide) groups is 1. The van der Waals surface area contributed by atoms with E-state index < -0.39 is 0 Å². The van der Waals surface area contributed by atoms with Gasteiger partial charge in [-0.3, -0.25) is 9.59 Å². The molecule has 6 nitrogen and oxygen atoms in total. The number of rotatable bonds is 9. The van der Waals surface area contributed by atoms with Crippen LogP contribution in [0.15, 0.2) is 59.8 Å². The third-order valence-corrected chi connectivity index (χ3v) is 7.18. The molecule has 1 saturated heterocycles. The van der Waals surface area contributed by atoms with Crippen LogP contribution in [-0.2, 0) is 10.5 Å². The number of fused-ring (bicyclic) bond motifs is 1. The number of unbranched alkanes of at least 4 members (excludes halogenated alkanes) is 2. The number of benzene rings is 1. The van der Waals surface area contributed by atoms with Gasteiger partial charge in [-0.2, -0.15) is 0 Å². The summed E-state index contributed by atoms with van der Waals surface area (Å²) in [6.45, 7) is 4.18. The van der Waals surface area contributed by atoms with Crippen molar-refractivity contribution in [3.05, 3.63) is 66.1 Å². The summed E-state index contributed by atoms with van der Waals surface area (Å²) in [4.78, 5) is 32.9. The molecule has 1 fully saturated rings. The lowest BCUT2D eigenvalue weighted by Gasteiger charge is -2.31. The number of likely N-dealkylation sites (tertiary alicyclic amines) is 1. The molecule has 0 bridgehead atoms. The fourth-order valence-corrected chi connectivity index (χ4v) is 4.95. The number of amides is 2. The molecule has 0 saturated carbocycles. The Hall–Kier alpha value is -2.80. The third kappa shape index (κ3) is 6.16. The van der Waals surface area contributed by atoms with Gasteiger partial charge in [-0.25, -0.2) is 4.98 Å². The largest absolute Gasteiger partial charge is 0.356 e. The maximum Gasteiger partial charge on any atom is 0.253 e. The fraction of sp³-hybridized carbons (Fsp3) is 0.423. The molecule has 2 aromatic heterocycles. The van der Waals surface area contributed by atoms with E-state index in [0.29, 0.717) is 18.7 Å². The highest BCUT2D eigenvalue weighted by Crippen LogP contribution is 2.24. The Balaban J connectivity index is 1.24. The van der Waals surface area contributed by atoms with Crippen LogP contribution in [0, 0.1) is 5.92 Å². The smallest absolute Gasteiger partial charge is 0.253 e. The van der Waals surface area contributed by atoms with Crippen LogP contribution < -0.4 is 5.32 Å². The molecule has 4 rings (SSSR count). The van der Waals surface area contributed by atoms with Gasteiger partial charge in [0.2, 0.25) is 5.91 Å². The molecule has 0 unspecified atom stereocenters. The SMILES string of the molecule is CCCCCNC(=O)C1CCN(C(=O)c2ccc(SCc3cn4ccccc4n3)cc2)CC1. The first kappa shape index (κ1) is 23.4. The van der Waals surface area contributed by atoms with Gasteiger partial charge in [0.05, 0.1) is 5.69 Å². The van der Waals surface area contributed by atoms with E-state index in [1.165, 1.54) is 0 Å². The van der Waals surface area contributed by atoms with Crippen molar-refractivity contribution in [1.29, 1.82) is 0 Å². The minimum atomic E-state index is 0.0223. The minimum Gasteiger partial charge on any atom is -0.356 e. The van der Waals surface area contributed by atoms with Crippen molar-refractivity contribution in [2.45, 2.75) is 49.7 Å². The molecule has 33 heavy (non-hydrogen) atoms. The Morgan fingerprint density at radius 3 is 2.61 bits per heavy atom. The summed E-state index contributed by atoms with van der Waals surface area (Å²) < 4.78 is 2.02. The molecule has 0 spiro atoms. The molecule has 1 aromatic carbocycles. The first-order valence-electron chi connectivity index (χ1n) is 11.9. The molecule has 2 amide bonds. The number of nitrogens with zero attached hydrogens (tertiary/aromatic N) is 3. The summed E-state index contributed by atoms with van der Waals surface area (Å²) in [5.74, 6) is 0.996. The molecule has 1 aliphatic heterocycles. The van der Waals surface area contributed by atoms with E-state index >= 15 is 0 Å². The van der Waals surface area contributed by atoms with Crippen molar-refractivity contribution in [3.8, 4) is 0 Å². The van der Waals surface area contributed by atoms with Gasteiger partial charge in [0.15, 0.2) is 0 Å². The molecule has 0 aliphatic carbocycles. The summed E-state index contributed by atoms with van der Waals surface area (Å²) in [5.41, 5.74) is 2.69. The lowest BCUT2D eigenvalue weighted by molar-refractivity contribution is -0.126. The van der Waals surface area contributed by atoms with Crippen LogP contribution in [0.3, 0.4) is 0 Å². The van der Waals surface area contributed by atoms with Crippen molar-refractivity contribution in [2.24, 2.45) is 5.92 Å². The van der Waals surface area contributed by atoms with E-state index in [0.717, 1.165) is 60.6 Å². The third-order valence-electron chi connectivity index (χ3n) is 6.13. The molecule has 1 aliphatic rings. The summed E-state index contributed by atoms with van der Waals surface area (Å²) in [7, 11) is 0. The van der Waals surface area contributed by atoms with Crippen molar-refractivity contribution in [1.82, 2.24) is 19.6 Å². The standard InChI is InChI=1S/C26H32N4O2S/c1-2-3-5-14-27-25(31)20-12-16-29(17-13-20)26(32)21-8-10-23(11-9-21)33-19-22-18-30-15-6-4-7-24(30)28-22/h4,6-11,15,18,20H,2-3,5,12-14,16-17,19H2,1H3,(H,27,31). The van der Waals surface area contributed by atoms with Crippen LogP contribution in [0.5, 0.6) is 0 Å². The topological polar surface area (TPSA) is 66.7 Å². The van der Waals surface area contributed by atoms with Gasteiger partial charge >= 0.3 is 0 Å². The number of hydrogen-bond donors (Lipinski definition) is 1. The van der Waals surface area contributed by atoms with Gasteiger partial charge in [-0.15, -0.1) is 11.8 Å². The highest BCUT2D eigenvalue weighted by Gasteiger charge is 2.27. The minimum absolute atomic E-state index is 0.0223. The number of carbonyl (C=O) groups is 2. The number of pyridine rings is 1. The zero-order valence-corrected chi connectivity index (χ0v) is 20.0. The Morgan fingerprint density at radius 1 is 1.09 bits per heavy atom. The molecule has 0 atom stereocenters. The maximum absolute atomic E-state index is 12.9. The second-order valence-corrected chi connectivity index (χ2v) is 9.62. The number of nitrogens with one attached hydrogen (secondary N) is 1. The lowest BCUT2D eigenvalue weighted by atomic mass is 9.95. The molecule has 0 radical (unpaired) electrons. The van der Waals surface area contributed by atoms with Crippen LogP contribution in [0.25, 0.3) is 5.65 Å². The first-order chi connectivity index (χ1) is 16.1. The highest BCUT2D eigenvalue weighted by molar-refractivity contribution is 7.98. The second-order valence-electron chi connectivity index (χ2n) is 8.58. The lowest BCUT2D eigenvalue weighted by Crippen LogP contribution is -2.43. The first-order valence-corrected chi connectivity index (χ1v) is 12.8. The van der Waals surface area contributed by atoms with Crippen LogP contribution in [-0.4, -0.2) is 45.7 Å². The normalized spacial score (nSPS) is 14.5. The van der Waals surface area contributed by atoms with Gasteiger partial charge < -0.3 is 14.6 Å². The van der Waals surface area contributed by atoms with E-state index in [9.17, 15) is 9.59 Å². The van der Waals surface area contributed by atoms with E-state index in [-0.39, 0.29) is 17.7 Å². The molecule has 174 valence electrons. The average Bonchev–Trinajstić information content (AvgIpc) is 3.28. The number of piperidine rings is 1. The summed E-state index contributed by atoms with van der Waals surface area (Å²) in [6, 6.07) is 13.8. The monoisotopic (exact) mass is 464 g/mol. The van der Waals surface area contributed by atoms with E-state index in [1.54, 1.807) is 11.8 Å². The van der Waals surface area contributed by atoms with Gasteiger partial charge in [0.1, 0.15) is 5.65 Å². The zero-order valence-electron chi connectivity index (χ0n) is 19.2. The van der Waals surface area contributed by atoms with Crippen molar-refractivity contribution >= 4 is 29.2 Å². The van der Waals surface area contributed by atoms with E-state index in [4.69, 9.17) is 0 Å².